The first-order chi connectivity index (χ1) is 9.47. The Hall–Kier alpha value is -0.450. The van der Waals surface area contributed by atoms with Crippen molar-refractivity contribution in [1.82, 2.24) is 10.3 Å². The fourth-order valence-electron chi connectivity index (χ4n) is 2.39. The predicted molar refractivity (Wildman–Crippen MR) is 85.3 cm³/mol. The van der Waals surface area contributed by atoms with Crippen molar-refractivity contribution < 1.29 is 4.74 Å². The maximum absolute atomic E-state index is 5.99. The maximum Gasteiger partial charge on any atom is 0.123 e. The second-order valence-corrected chi connectivity index (χ2v) is 7.73. The Kier molecular flexibility index (Phi) is 5.21. The van der Waals surface area contributed by atoms with Gasteiger partial charge in [-0.15, -0.1) is 11.3 Å². The molecule has 20 heavy (non-hydrogen) atoms. The lowest BCUT2D eigenvalue weighted by molar-refractivity contribution is -0.0134. The van der Waals surface area contributed by atoms with Gasteiger partial charge in [-0.2, -0.15) is 0 Å². The number of thiazole rings is 1. The number of nitrogens with one attached hydrogen (secondary N) is 1. The van der Waals surface area contributed by atoms with Crippen LogP contribution < -0.4 is 5.32 Å². The summed E-state index contributed by atoms with van der Waals surface area (Å²) in [5.41, 5.74) is 1.42. The van der Waals surface area contributed by atoms with Gasteiger partial charge in [-0.25, -0.2) is 4.98 Å². The number of hydrogen-bond acceptors (Lipinski definition) is 4. The lowest BCUT2D eigenvalue weighted by Gasteiger charge is -2.28. The third kappa shape index (κ3) is 3.80. The van der Waals surface area contributed by atoms with Crippen molar-refractivity contribution in [1.29, 1.82) is 0 Å². The molecule has 0 spiro atoms. The molecular weight excluding hydrogens is 268 g/mol. The summed E-state index contributed by atoms with van der Waals surface area (Å²) < 4.78 is 5.99. The minimum atomic E-state index is 0.0874. The smallest absolute Gasteiger partial charge is 0.123 e. The van der Waals surface area contributed by atoms with Crippen molar-refractivity contribution in [2.24, 2.45) is 5.41 Å². The van der Waals surface area contributed by atoms with Gasteiger partial charge >= 0.3 is 0 Å². The molecule has 1 aliphatic rings. The van der Waals surface area contributed by atoms with Crippen LogP contribution in [0.2, 0.25) is 0 Å². The molecule has 1 fully saturated rings. The molecular formula is C16H28N2OS. The molecule has 0 aliphatic heterocycles. The number of hydrogen-bond donors (Lipinski definition) is 1. The zero-order valence-corrected chi connectivity index (χ0v) is 14.3. The van der Waals surface area contributed by atoms with Gasteiger partial charge in [0.2, 0.25) is 0 Å². The third-order valence-corrected chi connectivity index (χ3v) is 4.70. The second kappa shape index (κ2) is 6.54. The lowest BCUT2D eigenvalue weighted by Crippen LogP contribution is -2.21. The van der Waals surface area contributed by atoms with Gasteiger partial charge in [0.15, 0.2) is 0 Å². The first-order valence-corrected chi connectivity index (χ1v) is 8.60. The fraction of sp³-hybridized carbons (Fsp3) is 0.812. The van der Waals surface area contributed by atoms with Crippen molar-refractivity contribution in [2.75, 3.05) is 13.2 Å². The van der Waals surface area contributed by atoms with Crippen molar-refractivity contribution >= 4 is 11.3 Å². The number of rotatable bonds is 7. The SMILES string of the molecule is CCNCc1sc(C(OCC)C(C)(C)C)nc1C1CC1. The highest BCUT2D eigenvalue weighted by Gasteiger charge is 2.34. The normalized spacial score (nSPS) is 17.4. The van der Waals surface area contributed by atoms with E-state index in [-0.39, 0.29) is 11.5 Å². The van der Waals surface area contributed by atoms with Crippen molar-refractivity contribution in [3.05, 3.63) is 15.6 Å². The van der Waals surface area contributed by atoms with Crippen LogP contribution in [-0.2, 0) is 11.3 Å². The predicted octanol–water partition coefficient (Wildman–Crippen LogP) is 4.25. The molecule has 1 unspecified atom stereocenters. The molecule has 0 saturated heterocycles. The number of ether oxygens (including phenoxy) is 1. The number of nitrogens with zero attached hydrogens (tertiary/aromatic N) is 1. The van der Waals surface area contributed by atoms with Crippen LogP contribution in [0.5, 0.6) is 0 Å². The van der Waals surface area contributed by atoms with Gasteiger partial charge < -0.3 is 10.1 Å². The van der Waals surface area contributed by atoms with Gasteiger partial charge in [0.05, 0.1) is 5.69 Å². The van der Waals surface area contributed by atoms with E-state index < -0.39 is 0 Å². The van der Waals surface area contributed by atoms with Crippen LogP contribution in [0, 0.1) is 5.41 Å². The molecule has 1 heterocycles. The minimum absolute atomic E-state index is 0.0874. The van der Waals surface area contributed by atoms with Gasteiger partial charge in [-0.3, -0.25) is 0 Å². The molecule has 1 aliphatic carbocycles. The topological polar surface area (TPSA) is 34.1 Å². The molecule has 0 bridgehead atoms. The molecule has 1 saturated carbocycles. The van der Waals surface area contributed by atoms with Crippen LogP contribution in [0.25, 0.3) is 0 Å². The van der Waals surface area contributed by atoms with E-state index in [0.717, 1.165) is 24.7 Å². The molecule has 114 valence electrons. The van der Waals surface area contributed by atoms with E-state index in [4.69, 9.17) is 9.72 Å². The van der Waals surface area contributed by atoms with Crippen LogP contribution in [0.1, 0.15) is 75.1 Å². The second-order valence-electron chi connectivity index (χ2n) is 6.62. The average Bonchev–Trinajstić information content (AvgIpc) is 3.13. The van der Waals surface area contributed by atoms with Gasteiger partial charge in [-0.05, 0) is 31.7 Å². The zero-order valence-electron chi connectivity index (χ0n) is 13.5. The standard InChI is InChI=1S/C16H28N2OS/c1-6-17-10-12-13(11-8-9-11)18-15(20-12)14(19-7-2)16(3,4)5/h11,14,17H,6-10H2,1-5H3. The largest absolute Gasteiger partial charge is 0.371 e. The zero-order chi connectivity index (χ0) is 14.8. The van der Waals surface area contributed by atoms with E-state index in [2.05, 4.69) is 39.9 Å². The molecule has 0 aromatic carbocycles. The van der Waals surface area contributed by atoms with Crippen LogP contribution in [-0.4, -0.2) is 18.1 Å². The molecule has 4 heteroatoms. The number of aromatic nitrogens is 1. The lowest BCUT2D eigenvalue weighted by atomic mass is 9.89. The molecule has 3 nitrogen and oxygen atoms in total. The quantitative estimate of drug-likeness (QED) is 0.816. The Labute approximate surface area is 127 Å². The van der Waals surface area contributed by atoms with E-state index in [1.54, 1.807) is 0 Å². The average molecular weight is 296 g/mol. The first-order valence-electron chi connectivity index (χ1n) is 7.79. The van der Waals surface area contributed by atoms with Crippen LogP contribution in [0.4, 0.5) is 0 Å². The Morgan fingerprint density at radius 3 is 2.55 bits per heavy atom. The van der Waals surface area contributed by atoms with Gasteiger partial charge in [0.1, 0.15) is 11.1 Å². The van der Waals surface area contributed by atoms with E-state index in [1.165, 1.54) is 23.4 Å². The summed E-state index contributed by atoms with van der Waals surface area (Å²) in [6, 6.07) is 0. The maximum atomic E-state index is 5.99. The van der Waals surface area contributed by atoms with Crippen molar-refractivity contribution in [3.8, 4) is 0 Å². The molecule has 1 aromatic heterocycles. The van der Waals surface area contributed by atoms with Crippen LogP contribution >= 0.6 is 11.3 Å². The molecule has 0 radical (unpaired) electrons. The molecule has 1 N–H and O–H groups in total. The Morgan fingerprint density at radius 2 is 2.05 bits per heavy atom. The molecule has 1 aromatic rings. The van der Waals surface area contributed by atoms with Gasteiger partial charge in [0, 0.05) is 23.9 Å². The summed E-state index contributed by atoms with van der Waals surface area (Å²) in [4.78, 5) is 6.38. The highest BCUT2D eigenvalue weighted by molar-refractivity contribution is 7.11. The Balaban J connectivity index is 2.25. The van der Waals surface area contributed by atoms with Gasteiger partial charge in [0.25, 0.3) is 0 Å². The van der Waals surface area contributed by atoms with E-state index in [0.29, 0.717) is 5.92 Å². The van der Waals surface area contributed by atoms with Crippen molar-refractivity contribution in [2.45, 2.75) is 66.0 Å². The van der Waals surface area contributed by atoms with Gasteiger partial charge in [-0.1, -0.05) is 27.7 Å². The molecule has 0 amide bonds. The van der Waals surface area contributed by atoms with E-state index in [9.17, 15) is 0 Å². The highest BCUT2D eigenvalue weighted by Crippen LogP contribution is 2.45. The summed E-state index contributed by atoms with van der Waals surface area (Å²) in [5.74, 6) is 0.705. The Bertz CT molecular complexity index is 432. The highest BCUT2D eigenvalue weighted by atomic mass is 32.1. The Morgan fingerprint density at radius 1 is 1.35 bits per heavy atom. The van der Waals surface area contributed by atoms with Crippen molar-refractivity contribution in [3.63, 3.8) is 0 Å². The summed E-state index contributed by atoms with van der Waals surface area (Å²) in [6.45, 7) is 13.6. The monoisotopic (exact) mass is 296 g/mol. The summed E-state index contributed by atoms with van der Waals surface area (Å²) in [6.07, 6.45) is 2.71. The van der Waals surface area contributed by atoms with Crippen LogP contribution in [0.3, 0.4) is 0 Å². The molecule has 1 atom stereocenters. The third-order valence-electron chi connectivity index (χ3n) is 3.59. The fourth-order valence-corrected chi connectivity index (χ4v) is 3.81. The van der Waals surface area contributed by atoms with E-state index >= 15 is 0 Å². The summed E-state index contributed by atoms with van der Waals surface area (Å²) >= 11 is 1.84. The van der Waals surface area contributed by atoms with Crippen LogP contribution in [0.15, 0.2) is 0 Å². The molecule has 2 rings (SSSR count). The summed E-state index contributed by atoms with van der Waals surface area (Å²) in [7, 11) is 0. The summed E-state index contributed by atoms with van der Waals surface area (Å²) in [5, 5.41) is 4.60. The first kappa shape index (κ1) is 15.9. The van der Waals surface area contributed by atoms with E-state index in [1.807, 2.05) is 11.3 Å². The minimum Gasteiger partial charge on any atom is -0.371 e.